The zero-order valence-corrected chi connectivity index (χ0v) is 15.1. The lowest BCUT2D eigenvalue weighted by Gasteiger charge is -2.05. The number of rotatable bonds is 5. The van der Waals surface area contributed by atoms with E-state index in [4.69, 9.17) is 23.2 Å². The molecule has 0 aliphatic heterocycles. The number of sulfone groups is 1. The van der Waals surface area contributed by atoms with Crippen molar-refractivity contribution in [2.24, 2.45) is 0 Å². The second-order valence-corrected chi connectivity index (χ2v) is 8.20. The third-order valence-corrected chi connectivity index (χ3v) is 5.53. The van der Waals surface area contributed by atoms with Gasteiger partial charge in [-0.3, -0.25) is 4.79 Å². The first-order valence-electron chi connectivity index (χ1n) is 7.22. The normalized spacial score (nSPS) is 11.6. The fourth-order valence-electron chi connectivity index (χ4n) is 2.24. The number of hydrogen-bond acceptors (Lipinski definition) is 4. The van der Waals surface area contributed by atoms with Gasteiger partial charge in [-0.25, -0.2) is 13.4 Å². The van der Waals surface area contributed by atoms with Crippen molar-refractivity contribution in [2.75, 3.05) is 5.75 Å². The average Bonchev–Trinajstić information content (AvgIpc) is 2.95. The number of amides is 1. The van der Waals surface area contributed by atoms with Crippen LogP contribution in [0.25, 0.3) is 5.65 Å². The number of carbonyl (C=O) groups excluding carboxylic acids is 1. The molecule has 3 rings (SSSR count). The van der Waals surface area contributed by atoms with Crippen molar-refractivity contribution in [2.45, 2.75) is 11.4 Å². The van der Waals surface area contributed by atoms with E-state index in [1.165, 1.54) is 24.3 Å². The Morgan fingerprint density at radius 2 is 1.72 bits per heavy atom. The number of benzene rings is 1. The number of hydrogen-bond donors (Lipinski definition) is 1. The van der Waals surface area contributed by atoms with Crippen LogP contribution >= 0.6 is 23.2 Å². The predicted molar refractivity (Wildman–Crippen MR) is 95.6 cm³/mol. The average molecular weight is 398 g/mol. The van der Waals surface area contributed by atoms with Gasteiger partial charge in [-0.1, -0.05) is 23.2 Å². The molecule has 0 saturated heterocycles. The topological polar surface area (TPSA) is 80.5 Å². The zero-order chi connectivity index (χ0) is 18.0. The number of pyridine rings is 1. The van der Waals surface area contributed by atoms with Crippen LogP contribution < -0.4 is 5.32 Å². The molecule has 0 aliphatic carbocycles. The molecule has 0 unspecified atom stereocenters. The minimum atomic E-state index is -3.72. The van der Waals surface area contributed by atoms with E-state index >= 15 is 0 Å². The van der Waals surface area contributed by atoms with Crippen molar-refractivity contribution < 1.29 is 13.2 Å². The maximum absolute atomic E-state index is 12.2. The molecule has 0 bridgehead atoms. The molecule has 6 nitrogen and oxygen atoms in total. The van der Waals surface area contributed by atoms with Crippen LogP contribution in [0.15, 0.2) is 53.7 Å². The van der Waals surface area contributed by atoms with Gasteiger partial charge in [0, 0.05) is 17.4 Å². The van der Waals surface area contributed by atoms with Crippen LogP contribution in [-0.2, 0) is 21.2 Å². The van der Waals surface area contributed by atoms with Gasteiger partial charge in [0.25, 0.3) is 0 Å². The van der Waals surface area contributed by atoms with Gasteiger partial charge in [0.2, 0.25) is 5.91 Å². The molecule has 2 aromatic heterocycles. The maximum atomic E-state index is 12.2. The third kappa shape index (κ3) is 4.31. The number of halogens is 2. The third-order valence-electron chi connectivity index (χ3n) is 3.43. The molecule has 1 amide bonds. The van der Waals surface area contributed by atoms with Crippen molar-refractivity contribution in [3.05, 3.63) is 64.5 Å². The van der Waals surface area contributed by atoms with Crippen LogP contribution in [0.2, 0.25) is 10.0 Å². The Kier molecular flexibility index (Phi) is 4.99. The van der Waals surface area contributed by atoms with Crippen molar-refractivity contribution >= 4 is 44.6 Å². The number of nitrogens with zero attached hydrogens (tertiary/aromatic N) is 2. The van der Waals surface area contributed by atoms with Gasteiger partial charge >= 0.3 is 0 Å². The van der Waals surface area contributed by atoms with Crippen LogP contribution in [0.3, 0.4) is 0 Å². The molecule has 130 valence electrons. The highest BCUT2D eigenvalue weighted by Gasteiger charge is 2.19. The summed E-state index contributed by atoms with van der Waals surface area (Å²) in [6.07, 6.45) is 3.41. The second-order valence-electron chi connectivity index (χ2n) is 5.33. The first-order chi connectivity index (χ1) is 11.8. The summed E-state index contributed by atoms with van der Waals surface area (Å²) in [5.74, 6) is -1.25. The van der Waals surface area contributed by atoms with Gasteiger partial charge in [-0.15, -0.1) is 0 Å². The van der Waals surface area contributed by atoms with Gasteiger partial charge in [0.15, 0.2) is 9.84 Å². The lowest BCUT2D eigenvalue weighted by Crippen LogP contribution is -2.30. The molecule has 0 radical (unpaired) electrons. The lowest BCUT2D eigenvalue weighted by molar-refractivity contribution is -0.118. The SMILES string of the molecule is O=C(CS(=O)(=O)c1ccc(Cl)cc1)NCc1cn2cc(Cl)ccc2n1. The van der Waals surface area contributed by atoms with Crippen molar-refractivity contribution in [1.82, 2.24) is 14.7 Å². The molecule has 1 aromatic carbocycles. The smallest absolute Gasteiger partial charge is 0.235 e. The van der Waals surface area contributed by atoms with Crippen LogP contribution in [0.4, 0.5) is 0 Å². The Morgan fingerprint density at radius 1 is 1.04 bits per heavy atom. The van der Waals surface area contributed by atoms with E-state index in [9.17, 15) is 13.2 Å². The van der Waals surface area contributed by atoms with E-state index in [1.54, 1.807) is 28.9 Å². The Labute approximate surface area is 154 Å². The quantitative estimate of drug-likeness (QED) is 0.717. The highest BCUT2D eigenvalue weighted by molar-refractivity contribution is 7.92. The fraction of sp³-hybridized carbons (Fsp3) is 0.125. The molecular weight excluding hydrogens is 385 g/mol. The molecule has 3 aromatic rings. The number of nitrogens with one attached hydrogen (secondary N) is 1. The Bertz CT molecular complexity index is 1030. The van der Waals surface area contributed by atoms with Gasteiger partial charge in [-0.2, -0.15) is 0 Å². The molecule has 0 atom stereocenters. The molecule has 0 fully saturated rings. The summed E-state index contributed by atoms with van der Waals surface area (Å²) in [6.45, 7) is 0.119. The van der Waals surface area contributed by atoms with Crippen LogP contribution in [0, 0.1) is 0 Å². The summed E-state index contributed by atoms with van der Waals surface area (Å²) in [5.41, 5.74) is 1.28. The second kappa shape index (κ2) is 7.03. The Morgan fingerprint density at radius 3 is 2.44 bits per heavy atom. The summed E-state index contributed by atoms with van der Waals surface area (Å²) in [6, 6.07) is 9.14. The standard InChI is InChI=1S/C16H13Cl2N3O3S/c17-11-1-4-14(5-2-11)25(23,24)10-16(22)19-7-13-9-21-8-12(18)3-6-15(21)20-13/h1-6,8-9H,7,10H2,(H,19,22). The summed E-state index contributed by atoms with van der Waals surface area (Å²) in [4.78, 5) is 16.3. The Hall–Kier alpha value is -2.09. The summed E-state index contributed by atoms with van der Waals surface area (Å²) in [7, 11) is -3.72. The Balaban J connectivity index is 1.64. The van der Waals surface area contributed by atoms with Crippen LogP contribution in [0.1, 0.15) is 5.69 Å². The van der Waals surface area contributed by atoms with E-state index in [0.29, 0.717) is 21.4 Å². The van der Waals surface area contributed by atoms with E-state index in [1.807, 2.05) is 0 Å². The van der Waals surface area contributed by atoms with Crippen LogP contribution in [-0.4, -0.2) is 29.5 Å². The fourth-order valence-corrected chi connectivity index (χ4v) is 3.70. The molecule has 9 heteroatoms. The van der Waals surface area contributed by atoms with Crippen LogP contribution in [0.5, 0.6) is 0 Å². The van der Waals surface area contributed by atoms with Crippen molar-refractivity contribution in [3.63, 3.8) is 0 Å². The lowest BCUT2D eigenvalue weighted by atomic mass is 10.4. The molecular formula is C16H13Cl2N3O3S. The first kappa shape index (κ1) is 17.7. The first-order valence-corrected chi connectivity index (χ1v) is 9.62. The largest absolute Gasteiger partial charge is 0.349 e. The minimum Gasteiger partial charge on any atom is -0.349 e. The highest BCUT2D eigenvalue weighted by atomic mass is 35.5. The monoisotopic (exact) mass is 397 g/mol. The molecule has 2 heterocycles. The molecule has 25 heavy (non-hydrogen) atoms. The van der Waals surface area contributed by atoms with Gasteiger partial charge < -0.3 is 9.72 Å². The predicted octanol–water partition coefficient (Wildman–Crippen LogP) is 2.73. The zero-order valence-electron chi connectivity index (χ0n) is 12.8. The molecule has 0 aliphatic rings. The summed E-state index contributed by atoms with van der Waals surface area (Å²) < 4.78 is 26.1. The maximum Gasteiger partial charge on any atom is 0.235 e. The van der Waals surface area contributed by atoms with Crippen molar-refractivity contribution in [1.29, 1.82) is 0 Å². The summed E-state index contributed by atoms with van der Waals surface area (Å²) in [5, 5.41) is 3.55. The molecule has 0 saturated carbocycles. The number of aromatic nitrogens is 2. The number of fused-ring (bicyclic) bond motifs is 1. The van der Waals surface area contributed by atoms with Gasteiger partial charge in [-0.05, 0) is 36.4 Å². The van der Waals surface area contributed by atoms with Crippen molar-refractivity contribution in [3.8, 4) is 0 Å². The van der Waals surface area contributed by atoms with E-state index in [-0.39, 0.29) is 11.4 Å². The highest BCUT2D eigenvalue weighted by Crippen LogP contribution is 2.15. The number of carbonyl (C=O) groups is 1. The molecule has 1 N–H and O–H groups in total. The molecule has 0 spiro atoms. The minimum absolute atomic E-state index is 0.0504. The van der Waals surface area contributed by atoms with Gasteiger partial charge in [0.1, 0.15) is 11.4 Å². The van der Waals surface area contributed by atoms with E-state index in [2.05, 4.69) is 10.3 Å². The van der Waals surface area contributed by atoms with Gasteiger partial charge in [0.05, 0.1) is 22.2 Å². The summed E-state index contributed by atoms with van der Waals surface area (Å²) >= 11 is 11.6. The number of imidazole rings is 1. The van der Waals surface area contributed by atoms with E-state index in [0.717, 1.165) is 0 Å². The van der Waals surface area contributed by atoms with E-state index < -0.39 is 21.5 Å².